The van der Waals surface area contributed by atoms with Crippen molar-refractivity contribution in [1.82, 2.24) is 20.2 Å². The van der Waals surface area contributed by atoms with Crippen molar-refractivity contribution in [3.05, 3.63) is 11.6 Å². The number of carbonyl (C=O) groups is 1. The fraction of sp³-hybridized carbons (Fsp3) is 0.786. The molecule has 6 nitrogen and oxygen atoms in total. The van der Waals surface area contributed by atoms with Gasteiger partial charge in [-0.1, -0.05) is 0 Å². The molecule has 0 spiro atoms. The van der Waals surface area contributed by atoms with Crippen LogP contribution in [0, 0.1) is 23.7 Å². The zero-order chi connectivity index (χ0) is 13.9. The molecule has 0 atom stereocenters. The van der Waals surface area contributed by atoms with Crippen LogP contribution < -0.4 is 11.3 Å². The van der Waals surface area contributed by atoms with Crippen LogP contribution in [-0.4, -0.2) is 20.7 Å². The Morgan fingerprint density at radius 1 is 1.15 bits per heavy atom. The van der Waals surface area contributed by atoms with Gasteiger partial charge in [0.2, 0.25) is 5.82 Å². The number of nitrogen functional groups attached to an aromatic ring is 1. The van der Waals surface area contributed by atoms with Gasteiger partial charge in [-0.05, 0) is 55.8 Å². The summed E-state index contributed by atoms with van der Waals surface area (Å²) in [6, 6.07) is 0. The maximum atomic E-state index is 11.7. The number of hydrazine groups is 1. The summed E-state index contributed by atoms with van der Waals surface area (Å²) in [5, 5.41) is 8.37. The molecule has 1 aromatic heterocycles. The minimum atomic E-state index is -0.366. The molecule has 1 aromatic rings. The van der Waals surface area contributed by atoms with Crippen LogP contribution >= 0.6 is 0 Å². The van der Waals surface area contributed by atoms with E-state index in [9.17, 15) is 4.79 Å². The average molecular weight is 275 g/mol. The first-order valence-corrected chi connectivity index (χ1v) is 7.57. The lowest BCUT2D eigenvalue weighted by Crippen LogP contribution is -2.44. The van der Waals surface area contributed by atoms with Crippen molar-refractivity contribution in [3.63, 3.8) is 0 Å². The van der Waals surface area contributed by atoms with Crippen LogP contribution in [0.5, 0.6) is 0 Å². The molecule has 0 unspecified atom stereocenters. The van der Waals surface area contributed by atoms with Gasteiger partial charge < -0.3 is 4.57 Å². The molecule has 0 radical (unpaired) electrons. The number of nitrogens with two attached hydrogens (primary N) is 1. The lowest BCUT2D eigenvalue weighted by Gasteiger charge is -2.53. The van der Waals surface area contributed by atoms with E-state index in [1.807, 2.05) is 11.6 Å². The van der Waals surface area contributed by atoms with Gasteiger partial charge >= 0.3 is 5.91 Å². The number of nitrogens with one attached hydrogen (secondary N) is 1. The van der Waals surface area contributed by atoms with Crippen LogP contribution in [-0.2, 0) is 7.05 Å². The summed E-state index contributed by atoms with van der Waals surface area (Å²) < 4.78 is 1.84. The third-order valence-corrected chi connectivity index (χ3v) is 5.77. The molecule has 20 heavy (non-hydrogen) atoms. The molecule has 4 aliphatic carbocycles. The van der Waals surface area contributed by atoms with Crippen LogP contribution in [0.15, 0.2) is 0 Å². The molecule has 1 heterocycles. The second kappa shape index (κ2) is 4.28. The highest BCUT2D eigenvalue weighted by Gasteiger charge is 2.50. The van der Waals surface area contributed by atoms with Crippen LogP contribution in [0.1, 0.15) is 54.5 Å². The summed E-state index contributed by atoms with van der Waals surface area (Å²) in [4.78, 5) is 11.7. The minimum absolute atomic E-state index is 0.316. The third-order valence-electron chi connectivity index (χ3n) is 5.77. The fourth-order valence-corrected chi connectivity index (χ4v) is 5.24. The van der Waals surface area contributed by atoms with Crippen LogP contribution in [0.4, 0.5) is 0 Å². The Balaban J connectivity index is 1.68. The molecule has 4 saturated carbocycles. The molecule has 1 amide bonds. The maximum Gasteiger partial charge on any atom is 0.303 e. The second-order valence-electron chi connectivity index (χ2n) is 6.87. The van der Waals surface area contributed by atoms with Crippen LogP contribution in [0.25, 0.3) is 0 Å². The highest BCUT2D eigenvalue weighted by molar-refractivity contribution is 5.90. The van der Waals surface area contributed by atoms with E-state index < -0.39 is 0 Å². The normalized spacial score (nSPS) is 38.2. The molecule has 4 aliphatic rings. The molecule has 0 aliphatic heterocycles. The highest BCUT2D eigenvalue weighted by atomic mass is 16.2. The zero-order valence-electron chi connectivity index (χ0n) is 11.7. The van der Waals surface area contributed by atoms with E-state index in [0.717, 1.165) is 29.5 Å². The second-order valence-corrected chi connectivity index (χ2v) is 6.87. The average Bonchev–Trinajstić information content (AvgIpc) is 2.79. The van der Waals surface area contributed by atoms with Gasteiger partial charge in [0, 0.05) is 13.0 Å². The van der Waals surface area contributed by atoms with Gasteiger partial charge in [-0.15, -0.1) is 10.2 Å². The highest BCUT2D eigenvalue weighted by Crippen LogP contribution is 2.59. The number of hydrogen-bond acceptors (Lipinski definition) is 4. The predicted octanol–water partition coefficient (Wildman–Crippen LogP) is 0.958. The van der Waals surface area contributed by atoms with Gasteiger partial charge in [-0.2, -0.15) is 0 Å². The topological polar surface area (TPSA) is 85.8 Å². The fourth-order valence-electron chi connectivity index (χ4n) is 5.24. The van der Waals surface area contributed by atoms with Gasteiger partial charge in [0.1, 0.15) is 5.82 Å². The molecule has 3 N–H and O–H groups in total. The SMILES string of the molecule is Cn1c(C(=O)NN)nnc1C1C2CC3CC(C2)CC1C3. The summed E-state index contributed by atoms with van der Waals surface area (Å²) in [5.74, 6) is 9.97. The Labute approximate surface area is 118 Å². The van der Waals surface area contributed by atoms with Crippen molar-refractivity contribution in [2.75, 3.05) is 0 Å². The maximum absolute atomic E-state index is 11.7. The Hall–Kier alpha value is -1.43. The molecule has 4 bridgehead atoms. The zero-order valence-corrected chi connectivity index (χ0v) is 11.7. The Morgan fingerprint density at radius 3 is 2.30 bits per heavy atom. The predicted molar refractivity (Wildman–Crippen MR) is 72.4 cm³/mol. The standard InChI is InChI=1S/C14H21N5O/c1-19-12(17-18-13(19)14(20)16-15)11-9-3-7-2-8(5-9)6-10(11)4-7/h7-11H,2-6,15H2,1H3,(H,16,20). The van der Waals surface area contributed by atoms with Gasteiger partial charge in [0.15, 0.2) is 0 Å². The van der Waals surface area contributed by atoms with Gasteiger partial charge in [-0.25, -0.2) is 5.84 Å². The summed E-state index contributed by atoms with van der Waals surface area (Å²) in [6.45, 7) is 0. The first-order valence-electron chi connectivity index (χ1n) is 7.57. The Bertz CT molecular complexity index is 524. The van der Waals surface area contributed by atoms with Crippen LogP contribution in [0.3, 0.4) is 0 Å². The molecular weight excluding hydrogens is 254 g/mol. The minimum Gasteiger partial charge on any atom is -0.310 e. The van der Waals surface area contributed by atoms with Crippen LogP contribution in [0.2, 0.25) is 0 Å². The van der Waals surface area contributed by atoms with E-state index >= 15 is 0 Å². The Kier molecular flexibility index (Phi) is 2.64. The molecule has 0 saturated heterocycles. The molecule has 4 fully saturated rings. The smallest absolute Gasteiger partial charge is 0.303 e. The number of amides is 1. The van der Waals surface area contributed by atoms with Crippen molar-refractivity contribution in [1.29, 1.82) is 0 Å². The van der Waals surface area contributed by atoms with E-state index in [1.54, 1.807) is 0 Å². The number of nitrogens with zero attached hydrogens (tertiary/aromatic N) is 3. The lowest BCUT2D eigenvalue weighted by molar-refractivity contribution is -0.00665. The summed E-state index contributed by atoms with van der Waals surface area (Å²) >= 11 is 0. The number of hydrogen-bond donors (Lipinski definition) is 2. The first kappa shape index (κ1) is 12.3. The molecule has 6 heteroatoms. The number of carbonyl (C=O) groups excluding carboxylic acids is 1. The third kappa shape index (κ3) is 1.63. The van der Waals surface area contributed by atoms with Crippen molar-refractivity contribution in [2.24, 2.45) is 36.6 Å². The first-order chi connectivity index (χ1) is 9.67. The quantitative estimate of drug-likeness (QED) is 0.478. The van der Waals surface area contributed by atoms with Crippen molar-refractivity contribution >= 4 is 5.91 Å². The van der Waals surface area contributed by atoms with Crippen molar-refractivity contribution in [3.8, 4) is 0 Å². The lowest BCUT2D eigenvalue weighted by atomic mass is 9.51. The summed E-state index contributed by atoms with van der Waals surface area (Å²) in [7, 11) is 1.88. The molecule has 0 aromatic carbocycles. The van der Waals surface area contributed by atoms with E-state index in [4.69, 9.17) is 5.84 Å². The molecular formula is C14H21N5O. The number of rotatable bonds is 2. The summed E-state index contributed by atoms with van der Waals surface area (Å²) in [6.07, 6.45) is 6.79. The van der Waals surface area contributed by atoms with E-state index in [-0.39, 0.29) is 5.91 Å². The van der Waals surface area contributed by atoms with Gasteiger partial charge in [-0.3, -0.25) is 10.2 Å². The monoisotopic (exact) mass is 275 g/mol. The number of aromatic nitrogens is 3. The Morgan fingerprint density at radius 2 is 1.75 bits per heavy atom. The largest absolute Gasteiger partial charge is 0.310 e. The van der Waals surface area contributed by atoms with Gasteiger partial charge in [0.25, 0.3) is 0 Å². The van der Waals surface area contributed by atoms with Crippen molar-refractivity contribution in [2.45, 2.75) is 38.0 Å². The summed E-state index contributed by atoms with van der Waals surface area (Å²) in [5.41, 5.74) is 2.14. The van der Waals surface area contributed by atoms with E-state index in [2.05, 4.69) is 15.6 Å². The molecule has 108 valence electrons. The molecule has 5 rings (SSSR count). The van der Waals surface area contributed by atoms with Crippen molar-refractivity contribution < 1.29 is 4.79 Å². The van der Waals surface area contributed by atoms with E-state index in [0.29, 0.717) is 11.7 Å². The van der Waals surface area contributed by atoms with Gasteiger partial charge in [0.05, 0.1) is 0 Å². The van der Waals surface area contributed by atoms with E-state index in [1.165, 1.54) is 32.1 Å².